The normalized spacial score (nSPS) is 12.0. The van der Waals surface area contributed by atoms with E-state index in [1.165, 1.54) is 11.3 Å². The maximum Gasteiger partial charge on any atom is 0.357 e. The van der Waals surface area contributed by atoms with Crippen LogP contribution >= 0.6 is 11.3 Å². The van der Waals surface area contributed by atoms with Crippen molar-refractivity contribution in [2.75, 3.05) is 5.32 Å². The summed E-state index contributed by atoms with van der Waals surface area (Å²) in [7, 11) is 0. The average Bonchev–Trinajstić information content (AvgIpc) is 2.97. The molecule has 0 saturated heterocycles. The molecular weight excluding hydrogens is 302 g/mol. The van der Waals surface area contributed by atoms with E-state index in [9.17, 15) is 9.59 Å². The van der Waals surface area contributed by atoms with Crippen LogP contribution < -0.4 is 16.3 Å². The fraction of sp³-hybridized carbons (Fsp3) is 0.133. The maximum absolute atomic E-state index is 11.9. The van der Waals surface area contributed by atoms with Crippen molar-refractivity contribution in [3.8, 4) is 0 Å². The number of fused-ring (bicyclic) bond motifs is 1. The quantitative estimate of drug-likeness (QED) is 0.777. The van der Waals surface area contributed by atoms with Crippen LogP contribution in [0.25, 0.3) is 10.2 Å². The molecule has 1 aromatic carbocycles. The molecule has 0 radical (unpaired) electrons. The van der Waals surface area contributed by atoms with Gasteiger partial charge in [-0.1, -0.05) is 18.2 Å². The zero-order valence-electron chi connectivity index (χ0n) is 11.7. The van der Waals surface area contributed by atoms with E-state index in [2.05, 4.69) is 15.6 Å². The fourth-order valence-corrected chi connectivity index (χ4v) is 2.66. The number of nitrogens with one attached hydrogen (secondary N) is 2. The van der Waals surface area contributed by atoms with E-state index < -0.39 is 17.7 Å². The Kier molecular flexibility index (Phi) is 3.88. The lowest BCUT2D eigenvalue weighted by molar-refractivity contribution is 0.246. The summed E-state index contributed by atoms with van der Waals surface area (Å²) in [6.45, 7) is 1.70. The van der Waals surface area contributed by atoms with Gasteiger partial charge in [-0.15, -0.1) is 11.3 Å². The van der Waals surface area contributed by atoms with Crippen molar-refractivity contribution in [2.24, 2.45) is 0 Å². The molecule has 3 rings (SSSR count). The summed E-state index contributed by atoms with van der Waals surface area (Å²) in [6, 6.07) is 9.89. The van der Waals surface area contributed by atoms with Crippen LogP contribution in [-0.4, -0.2) is 11.0 Å². The fourth-order valence-electron chi connectivity index (χ4n) is 1.96. The number of aromatic nitrogens is 1. The Labute approximate surface area is 129 Å². The lowest BCUT2D eigenvalue weighted by Gasteiger charge is -2.12. The molecule has 0 aliphatic heterocycles. The van der Waals surface area contributed by atoms with Crippen LogP contribution in [0.1, 0.15) is 18.9 Å². The molecule has 2 amide bonds. The molecule has 3 aromatic rings. The zero-order valence-corrected chi connectivity index (χ0v) is 12.5. The van der Waals surface area contributed by atoms with E-state index in [1.54, 1.807) is 30.5 Å². The number of thiophene rings is 1. The summed E-state index contributed by atoms with van der Waals surface area (Å²) in [5.41, 5.74) is 0.815. The molecule has 0 aliphatic carbocycles. The molecule has 2 heterocycles. The van der Waals surface area contributed by atoms with Gasteiger partial charge in [0, 0.05) is 5.69 Å². The first-order chi connectivity index (χ1) is 10.6. The van der Waals surface area contributed by atoms with Crippen LogP contribution in [0.5, 0.6) is 0 Å². The number of urea groups is 1. The third kappa shape index (κ3) is 2.99. The number of hydrogen-bond acceptors (Lipinski definition) is 5. The minimum Gasteiger partial charge on any atom is -0.405 e. The Morgan fingerprint density at radius 2 is 2.05 bits per heavy atom. The van der Waals surface area contributed by atoms with E-state index in [-0.39, 0.29) is 5.89 Å². The molecule has 0 saturated carbocycles. The number of hydrogen-bond donors (Lipinski definition) is 2. The smallest absolute Gasteiger partial charge is 0.357 e. The first-order valence-electron chi connectivity index (χ1n) is 6.64. The molecule has 0 spiro atoms. The van der Waals surface area contributed by atoms with Crippen LogP contribution in [0.3, 0.4) is 0 Å². The van der Waals surface area contributed by atoms with Crippen LogP contribution in [0.2, 0.25) is 0 Å². The van der Waals surface area contributed by atoms with E-state index in [4.69, 9.17) is 4.42 Å². The second kappa shape index (κ2) is 5.98. The lowest BCUT2D eigenvalue weighted by Crippen LogP contribution is -2.32. The van der Waals surface area contributed by atoms with Crippen molar-refractivity contribution in [2.45, 2.75) is 13.0 Å². The van der Waals surface area contributed by atoms with Gasteiger partial charge < -0.3 is 15.1 Å². The zero-order chi connectivity index (χ0) is 15.5. The Bertz CT molecular complexity index is 857. The van der Waals surface area contributed by atoms with Gasteiger partial charge in [-0.05, 0) is 30.5 Å². The highest BCUT2D eigenvalue weighted by Crippen LogP contribution is 2.17. The lowest BCUT2D eigenvalue weighted by atomic mass is 10.3. The largest absolute Gasteiger partial charge is 0.405 e. The molecule has 0 aliphatic rings. The number of nitrogens with zero attached hydrogens (tertiary/aromatic N) is 1. The maximum atomic E-state index is 11.9. The predicted octanol–water partition coefficient (Wildman–Crippen LogP) is 3.13. The highest BCUT2D eigenvalue weighted by atomic mass is 32.1. The standard InChI is InChI=1S/C15H13N3O3S/c1-9(16-15(20)17-10-5-3-2-4-6-10)13-18-11-7-8-22-12(11)14(19)21-13/h2-9H,1H3,(H2,16,17,20). The van der Waals surface area contributed by atoms with Crippen molar-refractivity contribution >= 4 is 33.3 Å². The number of benzene rings is 1. The van der Waals surface area contributed by atoms with Gasteiger partial charge in [0.15, 0.2) is 0 Å². The Morgan fingerprint density at radius 1 is 1.27 bits per heavy atom. The number of amides is 2. The van der Waals surface area contributed by atoms with Crippen LogP contribution in [-0.2, 0) is 0 Å². The number of rotatable bonds is 3. The van der Waals surface area contributed by atoms with Gasteiger partial charge >= 0.3 is 11.7 Å². The molecule has 2 N–H and O–H groups in total. The van der Waals surface area contributed by atoms with Gasteiger partial charge in [0.25, 0.3) is 0 Å². The Morgan fingerprint density at radius 3 is 2.82 bits per heavy atom. The summed E-state index contributed by atoms with van der Waals surface area (Å²) in [5, 5.41) is 7.16. The molecule has 1 unspecified atom stereocenters. The van der Waals surface area contributed by atoms with Crippen LogP contribution in [0.4, 0.5) is 10.5 Å². The molecule has 0 fully saturated rings. The number of carbonyl (C=O) groups excluding carboxylic acids is 1. The second-order valence-corrected chi connectivity index (χ2v) is 5.58. The topological polar surface area (TPSA) is 84.2 Å². The summed E-state index contributed by atoms with van der Waals surface area (Å²) >= 11 is 1.28. The summed E-state index contributed by atoms with van der Waals surface area (Å²) < 4.78 is 5.64. The molecule has 22 heavy (non-hydrogen) atoms. The number of anilines is 1. The van der Waals surface area contributed by atoms with Crippen molar-refractivity contribution in [3.05, 3.63) is 58.1 Å². The van der Waals surface area contributed by atoms with Gasteiger partial charge in [0.1, 0.15) is 10.7 Å². The SMILES string of the molecule is CC(NC(=O)Nc1ccccc1)c1nc2ccsc2c(=O)o1. The van der Waals surface area contributed by atoms with Gasteiger partial charge in [0.05, 0.1) is 5.52 Å². The Balaban J connectivity index is 1.74. The molecule has 112 valence electrons. The van der Waals surface area contributed by atoms with E-state index >= 15 is 0 Å². The number of para-hydroxylation sites is 1. The minimum absolute atomic E-state index is 0.180. The first kappa shape index (κ1) is 14.3. The average molecular weight is 315 g/mol. The minimum atomic E-state index is -0.527. The highest BCUT2D eigenvalue weighted by molar-refractivity contribution is 7.17. The summed E-state index contributed by atoms with van der Waals surface area (Å²) in [5.74, 6) is 0.180. The Hall–Kier alpha value is -2.67. The monoisotopic (exact) mass is 315 g/mol. The number of carbonyl (C=O) groups is 1. The first-order valence-corrected chi connectivity index (χ1v) is 7.52. The summed E-state index contributed by atoms with van der Waals surface area (Å²) in [6.07, 6.45) is 0. The summed E-state index contributed by atoms with van der Waals surface area (Å²) in [4.78, 5) is 28.0. The molecule has 2 aromatic heterocycles. The molecular formula is C15H13N3O3S. The van der Waals surface area contributed by atoms with E-state index in [0.29, 0.717) is 15.9 Å². The predicted molar refractivity (Wildman–Crippen MR) is 85.2 cm³/mol. The second-order valence-electron chi connectivity index (χ2n) is 4.66. The molecule has 6 nitrogen and oxygen atoms in total. The van der Waals surface area contributed by atoms with Crippen molar-refractivity contribution in [1.82, 2.24) is 10.3 Å². The van der Waals surface area contributed by atoms with Crippen LogP contribution in [0.15, 0.2) is 51.0 Å². The third-order valence-electron chi connectivity index (χ3n) is 3.01. The van der Waals surface area contributed by atoms with E-state index in [0.717, 1.165) is 0 Å². The van der Waals surface area contributed by atoms with Crippen molar-refractivity contribution in [1.29, 1.82) is 0 Å². The van der Waals surface area contributed by atoms with Gasteiger partial charge in [-0.3, -0.25) is 0 Å². The van der Waals surface area contributed by atoms with Gasteiger partial charge in [-0.25, -0.2) is 14.6 Å². The van der Waals surface area contributed by atoms with Crippen LogP contribution in [0, 0.1) is 0 Å². The van der Waals surface area contributed by atoms with Crippen molar-refractivity contribution < 1.29 is 9.21 Å². The van der Waals surface area contributed by atoms with Crippen molar-refractivity contribution in [3.63, 3.8) is 0 Å². The highest BCUT2D eigenvalue weighted by Gasteiger charge is 2.16. The van der Waals surface area contributed by atoms with Gasteiger partial charge in [0.2, 0.25) is 5.89 Å². The third-order valence-corrected chi connectivity index (χ3v) is 3.89. The molecule has 7 heteroatoms. The molecule has 0 bridgehead atoms. The molecule has 1 atom stereocenters. The van der Waals surface area contributed by atoms with Gasteiger partial charge in [-0.2, -0.15) is 0 Å². The van der Waals surface area contributed by atoms with E-state index in [1.807, 2.05) is 18.2 Å².